The van der Waals surface area contributed by atoms with E-state index in [-0.39, 0.29) is 17.1 Å². The molecule has 0 amide bonds. The van der Waals surface area contributed by atoms with Crippen molar-refractivity contribution < 1.29 is 9.53 Å². The maximum Gasteiger partial charge on any atom is 0.262 e. The van der Waals surface area contributed by atoms with Gasteiger partial charge >= 0.3 is 0 Å². The summed E-state index contributed by atoms with van der Waals surface area (Å²) in [6.45, 7) is 3.26. The second-order valence-corrected chi connectivity index (χ2v) is 8.50. The molecule has 1 aliphatic heterocycles. The summed E-state index contributed by atoms with van der Waals surface area (Å²) in [5.74, 6) is 1.12. The maximum atomic E-state index is 12.9. The Morgan fingerprint density at radius 3 is 2.96 bits per heavy atom. The minimum atomic E-state index is -0.0715. The van der Waals surface area contributed by atoms with Gasteiger partial charge < -0.3 is 4.74 Å². The van der Waals surface area contributed by atoms with Crippen molar-refractivity contribution >= 4 is 44.4 Å². The van der Waals surface area contributed by atoms with E-state index in [4.69, 9.17) is 4.74 Å². The van der Waals surface area contributed by atoms with Crippen LogP contribution in [0.4, 0.5) is 0 Å². The first-order valence-electron chi connectivity index (χ1n) is 9.18. The molecule has 0 radical (unpaired) electrons. The normalized spacial score (nSPS) is 12.8. The standard InChI is InChI=1S/C21H19BrN2O3S/c1-2-8-24-20(26)16-11-15(22)4-5-17(16)23-21(24)28-12-18(25)13-3-6-19-14(10-13)7-9-27-19/h3-6,10-11H,2,7-9,12H2,1H3. The van der Waals surface area contributed by atoms with E-state index in [1.54, 1.807) is 16.7 Å². The third-order valence-electron chi connectivity index (χ3n) is 4.67. The number of halogens is 1. The van der Waals surface area contributed by atoms with Gasteiger partial charge in [-0.15, -0.1) is 0 Å². The number of thioether (sulfide) groups is 1. The fourth-order valence-corrected chi connectivity index (χ4v) is 4.56. The van der Waals surface area contributed by atoms with Crippen LogP contribution in [0.3, 0.4) is 0 Å². The zero-order valence-electron chi connectivity index (χ0n) is 15.4. The maximum absolute atomic E-state index is 12.9. The fraction of sp³-hybridized carbons (Fsp3) is 0.286. The van der Waals surface area contributed by atoms with Gasteiger partial charge in [0.25, 0.3) is 5.56 Å². The summed E-state index contributed by atoms with van der Waals surface area (Å²) < 4.78 is 8.02. The summed E-state index contributed by atoms with van der Waals surface area (Å²) >= 11 is 4.73. The number of ketones is 1. The van der Waals surface area contributed by atoms with Crippen LogP contribution in [0.2, 0.25) is 0 Å². The summed E-state index contributed by atoms with van der Waals surface area (Å²) in [4.78, 5) is 30.3. The third-order valence-corrected chi connectivity index (χ3v) is 6.14. The predicted octanol–water partition coefficient (Wildman–Crippen LogP) is 4.48. The lowest BCUT2D eigenvalue weighted by Crippen LogP contribution is -2.23. The lowest BCUT2D eigenvalue weighted by Gasteiger charge is -2.12. The number of carbonyl (C=O) groups is 1. The molecule has 0 bridgehead atoms. The summed E-state index contributed by atoms with van der Waals surface area (Å²) in [7, 11) is 0. The number of Topliss-reactive ketones (excluding diaryl/α,β-unsaturated/α-hetero) is 1. The second-order valence-electron chi connectivity index (χ2n) is 6.65. The van der Waals surface area contributed by atoms with Gasteiger partial charge in [-0.25, -0.2) is 4.98 Å². The molecule has 0 atom stereocenters. The molecular weight excluding hydrogens is 440 g/mol. The van der Waals surface area contributed by atoms with Gasteiger partial charge in [0, 0.05) is 23.0 Å². The van der Waals surface area contributed by atoms with E-state index in [0.717, 1.165) is 28.6 Å². The molecule has 0 aliphatic carbocycles. The number of hydrogen-bond donors (Lipinski definition) is 0. The van der Waals surface area contributed by atoms with Gasteiger partial charge in [0.15, 0.2) is 10.9 Å². The Kier molecular flexibility index (Phi) is 5.55. The number of benzene rings is 2. The van der Waals surface area contributed by atoms with E-state index in [9.17, 15) is 9.59 Å². The number of hydrogen-bond acceptors (Lipinski definition) is 5. The molecule has 5 nitrogen and oxygen atoms in total. The third kappa shape index (κ3) is 3.73. The lowest BCUT2D eigenvalue weighted by atomic mass is 10.1. The molecule has 0 saturated carbocycles. The molecule has 2 heterocycles. The monoisotopic (exact) mass is 458 g/mol. The highest BCUT2D eigenvalue weighted by Crippen LogP contribution is 2.27. The Morgan fingerprint density at radius 2 is 2.14 bits per heavy atom. The Hall–Kier alpha value is -2.12. The van der Waals surface area contributed by atoms with Crippen LogP contribution in [-0.2, 0) is 13.0 Å². The predicted molar refractivity (Wildman–Crippen MR) is 115 cm³/mol. The van der Waals surface area contributed by atoms with Gasteiger partial charge in [-0.3, -0.25) is 14.2 Å². The van der Waals surface area contributed by atoms with E-state index in [1.807, 2.05) is 31.2 Å². The Labute approximate surface area is 175 Å². The molecule has 28 heavy (non-hydrogen) atoms. The minimum absolute atomic E-state index is 0.0212. The molecule has 0 unspecified atom stereocenters. The quantitative estimate of drug-likeness (QED) is 0.309. The Balaban J connectivity index is 1.62. The molecule has 0 fully saturated rings. The number of ether oxygens (including phenoxy) is 1. The van der Waals surface area contributed by atoms with E-state index < -0.39 is 0 Å². The summed E-state index contributed by atoms with van der Waals surface area (Å²) in [6.07, 6.45) is 1.65. The van der Waals surface area contributed by atoms with Gasteiger partial charge in [0.05, 0.1) is 23.3 Å². The number of fused-ring (bicyclic) bond motifs is 2. The van der Waals surface area contributed by atoms with E-state index in [0.29, 0.717) is 34.8 Å². The Morgan fingerprint density at radius 1 is 1.29 bits per heavy atom. The molecule has 7 heteroatoms. The van der Waals surface area contributed by atoms with Crippen molar-refractivity contribution in [1.29, 1.82) is 0 Å². The molecule has 144 valence electrons. The average Bonchev–Trinajstić information content (AvgIpc) is 3.17. The van der Waals surface area contributed by atoms with Crippen LogP contribution in [-0.4, -0.2) is 27.7 Å². The number of nitrogens with zero attached hydrogens (tertiary/aromatic N) is 2. The number of rotatable bonds is 6. The zero-order chi connectivity index (χ0) is 19.7. The van der Waals surface area contributed by atoms with E-state index in [1.165, 1.54) is 11.8 Å². The van der Waals surface area contributed by atoms with E-state index >= 15 is 0 Å². The van der Waals surface area contributed by atoms with Crippen molar-refractivity contribution in [2.45, 2.75) is 31.5 Å². The van der Waals surface area contributed by atoms with Crippen molar-refractivity contribution in [2.24, 2.45) is 0 Å². The second kappa shape index (κ2) is 8.09. The first-order valence-corrected chi connectivity index (χ1v) is 11.0. The molecule has 1 aliphatic rings. The molecule has 3 aromatic rings. The molecule has 0 spiro atoms. The SMILES string of the molecule is CCCn1c(SCC(=O)c2ccc3c(c2)CCO3)nc2ccc(Br)cc2c1=O. The molecule has 0 N–H and O–H groups in total. The highest BCUT2D eigenvalue weighted by Gasteiger charge is 2.17. The zero-order valence-corrected chi connectivity index (χ0v) is 17.8. The van der Waals surface area contributed by atoms with Gasteiger partial charge in [-0.1, -0.05) is 34.6 Å². The smallest absolute Gasteiger partial charge is 0.262 e. The average molecular weight is 459 g/mol. The molecule has 0 saturated heterocycles. The minimum Gasteiger partial charge on any atom is -0.493 e. The summed E-state index contributed by atoms with van der Waals surface area (Å²) in [5.41, 5.74) is 2.32. The van der Waals surface area contributed by atoms with Crippen molar-refractivity contribution in [3.63, 3.8) is 0 Å². The van der Waals surface area contributed by atoms with Crippen LogP contribution >= 0.6 is 27.7 Å². The van der Waals surface area contributed by atoms with Crippen LogP contribution in [0.5, 0.6) is 5.75 Å². The van der Waals surface area contributed by atoms with Crippen molar-refractivity contribution in [3.8, 4) is 5.75 Å². The topological polar surface area (TPSA) is 61.2 Å². The van der Waals surface area contributed by atoms with Crippen LogP contribution in [0.1, 0.15) is 29.3 Å². The van der Waals surface area contributed by atoms with Crippen molar-refractivity contribution in [1.82, 2.24) is 9.55 Å². The lowest BCUT2D eigenvalue weighted by molar-refractivity contribution is 0.102. The molecular formula is C21H19BrN2O3S. The highest BCUT2D eigenvalue weighted by molar-refractivity contribution is 9.10. The number of carbonyl (C=O) groups excluding carboxylic acids is 1. The van der Waals surface area contributed by atoms with Crippen LogP contribution in [0, 0.1) is 0 Å². The van der Waals surface area contributed by atoms with Crippen molar-refractivity contribution in [2.75, 3.05) is 12.4 Å². The van der Waals surface area contributed by atoms with Gasteiger partial charge in [-0.2, -0.15) is 0 Å². The van der Waals surface area contributed by atoms with Gasteiger partial charge in [0.2, 0.25) is 0 Å². The largest absolute Gasteiger partial charge is 0.493 e. The van der Waals surface area contributed by atoms with Crippen LogP contribution in [0.25, 0.3) is 10.9 Å². The van der Waals surface area contributed by atoms with Gasteiger partial charge in [0.1, 0.15) is 5.75 Å². The molecule has 1 aromatic heterocycles. The molecule has 2 aromatic carbocycles. The highest BCUT2D eigenvalue weighted by atomic mass is 79.9. The van der Waals surface area contributed by atoms with E-state index in [2.05, 4.69) is 20.9 Å². The van der Waals surface area contributed by atoms with Gasteiger partial charge in [-0.05, 0) is 48.4 Å². The summed E-state index contributed by atoms with van der Waals surface area (Å²) in [6, 6.07) is 11.1. The van der Waals surface area contributed by atoms with Crippen LogP contribution < -0.4 is 10.3 Å². The van der Waals surface area contributed by atoms with Crippen LogP contribution in [0.15, 0.2) is 50.8 Å². The Bertz CT molecular complexity index is 1130. The summed E-state index contributed by atoms with van der Waals surface area (Å²) in [5, 5.41) is 1.16. The first kappa shape index (κ1) is 19.2. The first-order chi connectivity index (χ1) is 13.6. The molecule has 4 rings (SSSR count). The fourth-order valence-electron chi connectivity index (χ4n) is 3.28. The number of aromatic nitrogens is 2. The van der Waals surface area contributed by atoms with Crippen molar-refractivity contribution in [3.05, 3.63) is 62.4 Å².